The molecule has 2 aromatic heterocycles. The van der Waals surface area contributed by atoms with Gasteiger partial charge in [0, 0.05) is 23.6 Å². The molecule has 6 nitrogen and oxygen atoms in total. The first-order valence-electron chi connectivity index (χ1n) is 10.4. The number of nitrogens with zero attached hydrogens (tertiary/aromatic N) is 1. The molecule has 0 aliphatic carbocycles. The van der Waals surface area contributed by atoms with E-state index in [0.29, 0.717) is 51.7 Å². The molecule has 1 N–H and O–H groups in total. The van der Waals surface area contributed by atoms with Gasteiger partial charge in [0.05, 0.1) is 30.9 Å². The van der Waals surface area contributed by atoms with Crippen LogP contribution < -0.4 is 14.8 Å². The number of nitrogens with one attached hydrogen (secondary N) is 1. The van der Waals surface area contributed by atoms with Crippen LogP contribution in [0.5, 0.6) is 11.5 Å². The summed E-state index contributed by atoms with van der Waals surface area (Å²) in [5, 5.41) is 2.90. The molecular weight excluding hydrogens is 468 g/mol. The van der Waals surface area contributed by atoms with Crippen LogP contribution in [0.1, 0.15) is 27.2 Å². The minimum absolute atomic E-state index is 0.146. The maximum atomic E-state index is 14.2. The normalized spacial score (nSPS) is 11.5. The fraction of sp³-hybridized carbons (Fsp3) is 0.200. The molecule has 0 fully saturated rings. The maximum absolute atomic E-state index is 14.2. The van der Waals surface area contributed by atoms with Gasteiger partial charge in [-0.2, -0.15) is 13.2 Å². The van der Waals surface area contributed by atoms with Crippen LogP contribution in [0.2, 0.25) is 0 Å². The molecule has 2 heterocycles. The molecule has 0 spiro atoms. The minimum atomic E-state index is -4.64. The third-order valence-electron chi connectivity index (χ3n) is 5.36. The van der Waals surface area contributed by atoms with E-state index in [4.69, 9.17) is 13.9 Å². The summed E-state index contributed by atoms with van der Waals surface area (Å²) >= 11 is 0. The summed E-state index contributed by atoms with van der Waals surface area (Å²) in [5.74, 6) is 0.276. The molecule has 0 saturated carbocycles. The summed E-state index contributed by atoms with van der Waals surface area (Å²) in [6.45, 7) is 1.30. The van der Waals surface area contributed by atoms with Gasteiger partial charge in [0.25, 0.3) is 5.91 Å². The molecule has 0 saturated heterocycles. The Balaban J connectivity index is 1.76. The number of ether oxygens (including phenoxy) is 2. The number of hydrogen-bond acceptors (Lipinski definition) is 5. The van der Waals surface area contributed by atoms with Gasteiger partial charge in [-0.15, -0.1) is 0 Å². The molecule has 0 radical (unpaired) electrons. The second-order valence-corrected chi connectivity index (χ2v) is 7.68. The number of hydrogen-bond donors (Lipinski definition) is 1. The van der Waals surface area contributed by atoms with Crippen molar-refractivity contribution >= 4 is 16.8 Å². The molecule has 0 bridgehead atoms. The summed E-state index contributed by atoms with van der Waals surface area (Å²) in [5.41, 5.74) is -0.414. The van der Waals surface area contributed by atoms with Crippen molar-refractivity contribution in [2.45, 2.75) is 19.6 Å². The van der Waals surface area contributed by atoms with E-state index < -0.39 is 30.0 Å². The second-order valence-electron chi connectivity index (χ2n) is 7.68. The van der Waals surface area contributed by atoms with Crippen LogP contribution in [0.3, 0.4) is 0 Å². The average Bonchev–Trinajstić information content (AvgIpc) is 3.27. The van der Waals surface area contributed by atoms with Crippen LogP contribution in [0, 0.1) is 12.7 Å². The van der Waals surface area contributed by atoms with E-state index >= 15 is 0 Å². The Morgan fingerprint density at radius 1 is 1.03 bits per heavy atom. The van der Waals surface area contributed by atoms with Crippen LogP contribution in [0.15, 0.2) is 52.9 Å². The number of halogens is 4. The first kappa shape index (κ1) is 24.1. The van der Waals surface area contributed by atoms with Crippen molar-refractivity contribution in [3.63, 3.8) is 0 Å². The highest BCUT2D eigenvalue weighted by Gasteiger charge is 2.31. The van der Waals surface area contributed by atoms with Crippen molar-refractivity contribution in [1.82, 2.24) is 10.3 Å². The van der Waals surface area contributed by atoms with Gasteiger partial charge < -0.3 is 19.2 Å². The molecular formula is C25H20F4N2O4. The zero-order valence-electron chi connectivity index (χ0n) is 18.9. The number of rotatable bonds is 6. The van der Waals surface area contributed by atoms with E-state index in [1.807, 2.05) is 0 Å². The number of aryl methyl sites for hydroxylation is 1. The zero-order chi connectivity index (χ0) is 25.3. The van der Waals surface area contributed by atoms with Crippen molar-refractivity contribution in [3.8, 4) is 23.0 Å². The van der Waals surface area contributed by atoms with Gasteiger partial charge in [-0.25, -0.2) is 9.37 Å². The number of carbonyl (C=O) groups is 1. The lowest BCUT2D eigenvalue weighted by molar-refractivity contribution is -0.137. The fourth-order valence-electron chi connectivity index (χ4n) is 3.60. The van der Waals surface area contributed by atoms with Crippen LogP contribution in [0.4, 0.5) is 17.6 Å². The molecule has 0 aliphatic heterocycles. The Morgan fingerprint density at radius 2 is 1.74 bits per heavy atom. The number of amides is 1. The summed E-state index contributed by atoms with van der Waals surface area (Å²) in [6, 6.07) is 10.1. The second kappa shape index (κ2) is 9.28. The Kier molecular flexibility index (Phi) is 6.38. The first-order chi connectivity index (χ1) is 16.6. The molecule has 4 aromatic rings. The van der Waals surface area contributed by atoms with E-state index in [2.05, 4.69) is 10.3 Å². The highest BCUT2D eigenvalue weighted by atomic mass is 19.4. The van der Waals surface area contributed by atoms with Crippen LogP contribution in [0.25, 0.3) is 22.4 Å². The largest absolute Gasteiger partial charge is 0.493 e. The van der Waals surface area contributed by atoms with Gasteiger partial charge in [0.1, 0.15) is 17.3 Å². The smallest absolute Gasteiger partial charge is 0.416 e. The highest BCUT2D eigenvalue weighted by molar-refractivity contribution is 6.07. The zero-order valence-corrected chi connectivity index (χ0v) is 18.9. The SMILES string of the molecule is COc1cc2nc(-c3ccc(C)o3)cc(C(=O)NCc3cc(C(F)(F)F)ccc3F)c2cc1OC. The van der Waals surface area contributed by atoms with Gasteiger partial charge >= 0.3 is 6.18 Å². The molecule has 10 heteroatoms. The van der Waals surface area contributed by atoms with Gasteiger partial charge in [0.2, 0.25) is 0 Å². The number of furan rings is 1. The standard InChI is InChI=1S/C25H20F4N2O4/c1-13-4-7-21(35-13)20-9-17(16-10-22(33-2)23(34-3)11-19(16)31-20)24(32)30-12-14-8-15(25(27,28)29)5-6-18(14)26/h4-11H,12H2,1-3H3,(H,30,32). The maximum Gasteiger partial charge on any atom is 0.416 e. The molecule has 182 valence electrons. The number of fused-ring (bicyclic) bond motifs is 1. The lowest BCUT2D eigenvalue weighted by Gasteiger charge is -2.14. The van der Waals surface area contributed by atoms with Crippen LogP contribution in [-0.4, -0.2) is 25.1 Å². The van der Waals surface area contributed by atoms with E-state index in [1.165, 1.54) is 20.3 Å². The summed E-state index contributed by atoms with van der Waals surface area (Å²) in [4.78, 5) is 17.7. The Morgan fingerprint density at radius 3 is 2.37 bits per heavy atom. The van der Waals surface area contributed by atoms with Crippen molar-refractivity contribution < 1.29 is 36.2 Å². The highest BCUT2D eigenvalue weighted by Crippen LogP contribution is 2.35. The Hall–Kier alpha value is -4.08. The van der Waals surface area contributed by atoms with Crippen molar-refractivity contribution in [1.29, 1.82) is 0 Å². The number of pyridine rings is 1. The third-order valence-corrected chi connectivity index (χ3v) is 5.36. The lowest BCUT2D eigenvalue weighted by atomic mass is 10.0. The van der Waals surface area contributed by atoms with E-state index in [1.54, 1.807) is 31.2 Å². The third kappa shape index (κ3) is 4.91. The van der Waals surface area contributed by atoms with E-state index in [0.717, 1.165) is 6.07 Å². The van der Waals surface area contributed by atoms with Gasteiger partial charge in [-0.3, -0.25) is 4.79 Å². The average molecular weight is 488 g/mol. The molecule has 1 amide bonds. The minimum Gasteiger partial charge on any atom is -0.493 e. The van der Waals surface area contributed by atoms with E-state index in [9.17, 15) is 22.4 Å². The summed E-state index contributed by atoms with van der Waals surface area (Å²) in [7, 11) is 2.90. The summed E-state index contributed by atoms with van der Waals surface area (Å²) in [6.07, 6.45) is -4.64. The molecule has 0 aliphatic rings. The number of aromatic nitrogens is 1. The predicted molar refractivity (Wildman–Crippen MR) is 120 cm³/mol. The van der Waals surface area contributed by atoms with Crippen molar-refractivity contribution in [2.75, 3.05) is 14.2 Å². The fourth-order valence-corrected chi connectivity index (χ4v) is 3.60. The monoisotopic (exact) mass is 488 g/mol. The van der Waals surface area contributed by atoms with Crippen molar-refractivity contribution in [2.24, 2.45) is 0 Å². The summed E-state index contributed by atoms with van der Waals surface area (Å²) < 4.78 is 69.6. The molecule has 0 unspecified atom stereocenters. The van der Waals surface area contributed by atoms with Gasteiger partial charge in [-0.05, 0) is 49.4 Å². The quantitative estimate of drug-likeness (QED) is 0.342. The Labute approximate surface area is 197 Å². The number of methoxy groups -OCH3 is 2. The Bertz CT molecular complexity index is 1410. The molecule has 2 aromatic carbocycles. The number of alkyl halides is 3. The lowest BCUT2D eigenvalue weighted by Crippen LogP contribution is -2.24. The first-order valence-corrected chi connectivity index (χ1v) is 10.4. The van der Waals surface area contributed by atoms with Gasteiger partial charge in [0.15, 0.2) is 17.3 Å². The number of carbonyl (C=O) groups excluding carboxylic acids is 1. The predicted octanol–water partition coefficient (Wildman–Crippen LogP) is 5.91. The molecule has 4 rings (SSSR count). The number of benzene rings is 2. The van der Waals surface area contributed by atoms with Crippen LogP contribution >= 0.6 is 0 Å². The van der Waals surface area contributed by atoms with Crippen LogP contribution in [-0.2, 0) is 12.7 Å². The molecule has 35 heavy (non-hydrogen) atoms. The van der Waals surface area contributed by atoms with Gasteiger partial charge in [-0.1, -0.05) is 0 Å². The molecule has 0 atom stereocenters. The van der Waals surface area contributed by atoms with E-state index in [-0.39, 0.29) is 11.1 Å². The van der Waals surface area contributed by atoms with Crippen molar-refractivity contribution in [3.05, 3.63) is 76.8 Å². The topological polar surface area (TPSA) is 73.6 Å².